The van der Waals surface area contributed by atoms with Gasteiger partial charge in [-0.3, -0.25) is 9.59 Å². The van der Waals surface area contributed by atoms with E-state index in [0.717, 1.165) is 18.4 Å². The van der Waals surface area contributed by atoms with Crippen LogP contribution in [0.3, 0.4) is 0 Å². The summed E-state index contributed by atoms with van der Waals surface area (Å²) >= 11 is 0. The molecule has 154 valence electrons. The summed E-state index contributed by atoms with van der Waals surface area (Å²) in [5, 5.41) is 5.31. The Morgan fingerprint density at radius 3 is 2.21 bits per heavy atom. The second-order valence-corrected chi connectivity index (χ2v) is 8.84. The van der Waals surface area contributed by atoms with Gasteiger partial charge in [-0.2, -0.15) is 4.31 Å². The molecule has 7 nitrogen and oxygen atoms in total. The maximum Gasteiger partial charge on any atom is 0.251 e. The molecule has 0 spiro atoms. The lowest BCUT2D eigenvalue weighted by molar-refractivity contribution is -0.120. The number of carbonyl (C=O) groups is 2. The van der Waals surface area contributed by atoms with E-state index in [0.29, 0.717) is 31.6 Å². The van der Waals surface area contributed by atoms with Gasteiger partial charge in [0.2, 0.25) is 15.9 Å². The topological polar surface area (TPSA) is 95.6 Å². The van der Waals surface area contributed by atoms with Crippen LogP contribution >= 0.6 is 0 Å². The molecule has 1 saturated heterocycles. The highest BCUT2D eigenvalue weighted by molar-refractivity contribution is 7.89. The van der Waals surface area contributed by atoms with Gasteiger partial charge in [-0.25, -0.2) is 8.42 Å². The first kappa shape index (κ1) is 21.0. The number of carbonyl (C=O) groups excluding carboxylic acids is 2. The van der Waals surface area contributed by atoms with E-state index in [9.17, 15) is 18.0 Å². The minimum absolute atomic E-state index is 0.137. The Bertz CT molecular complexity index is 938. The molecule has 0 radical (unpaired) electrons. The van der Waals surface area contributed by atoms with Crippen LogP contribution < -0.4 is 10.6 Å². The number of sulfonamides is 1. The molecule has 2 amide bonds. The maximum absolute atomic E-state index is 12.5. The molecule has 0 aromatic heterocycles. The smallest absolute Gasteiger partial charge is 0.251 e. The van der Waals surface area contributed by atoms with Gasteiger partial charge in [-0.15, -0.1) is 0 Å². The number of rotatable bonds is 8. The van der Waals surface area contributed by atoms with Gasteiger partial charge in [0.15, 0.2) is 0 Å². The van der Waals surface area contributed by atoms with Crippen molar-refractivity contribution in [3.8, 4) is 0 Å². The number of hydrogen-bond donors (Lipinski definition) is 2. The Morgan fingerprint density at radius 2 is 1.55 bits per heavy atom. The molecule has 2 N–H and O–H groups in total. The van der Waals surface area contributed by atoms with E-state index in [1.54, 1.807) is 0 Å². The molecule has 29 heavy (non-hydrogen) atoms. The quantitative estimate of drug-likeness (QED) is 0.684. The van der Waals surface area contributed by atoms with Gasteiger partial charge in [0.25, 0.3) is 5.91 Å². The average molecular weight is 416 g/mol. The number of benzene rings is 2. The lowest BCUT2D eigenvalue weighted by Crippen LogP contribution is -2.37. The van der Waals surface area contributed by atoms with Crippen LogP contribution in [0.15, 0.2) is 59.5 Å². The van der Waals surface area contributed by atoms with Gasteiger partial charge in [0.05, 0.1) is 11.4 Å². The molecule has 0 atom stereocenters. The van der Waals surface area contributed by atoms with Crippen molar-refractivity contribution in [3.05, 3.63) is 65.7 Å². The van der Waals surface area contributed by atoms with Crippen molar-refractivity contribution in [1.29, 1.82) is 0 Å². The number of hydrogen-bond acceptors (Lipinski definition) is 4. The Hall–Kier alpha value is -2.71. The van der Waals surface area contributed by atoms with Crippen LogP contribution in [0.1, 0.15) is 28.8 Å². The zero-order chi connectivity index (χ0) is 20.7. The normalized spacial score (nSPS) is 14.5. The predicted octanol–water partition coefficient (Wildman–Crippen LogP) is 1.56. The highest BCUT2D eigenvalue weighted by Crippen LogP contribution is 2.21. The molecule has 2 aromatic carbocycles. The van der Waals surface area contributed by atoms with Gasteiger partial charge in [0.1, 0.15) is 0 Å². The third-order valence-electron chi connectivity index (χ3n) is 4.81. The van der Waals surface area contributed by atoms with Gasteiger partial charge in [-0.1, -0.05) is 30.3 Å². The Morgan fingerprint density at radius 1 is 0.897 bits per heavy atom. The van der Waals surface area contributed by atoms with E-state index >= 15 is 0 Å². The highest BCUT2D eigenvalue weighted by atomic mass is 32.2. The van der Waals surface area contributed by atoms with E-state index in [1.807, 2.05) is 30.3 Å². The summed E-state index contributed by atoms with van der Waals surface area (Å²) in [5.41, 5.74) is 1.43. The maximum atomic E-state index is 12.5. The van der Waals surface area contributed by atoms with Crippen LogP contribution in [0.2, 0.25) is 0 Å². The van der Waals surface area contributed by atoms with E-state index in [4.69, 9.17) is 0 Å². The van der Waals surface area contributed by atoms with Crippen molar-refractivity contribution in [2.75, 3.05) is 26.2 Å². The average Bonchev–Trinajstić information content (AvgIpc) is 3.29. The minimum Gasteiger partial charge on any atom is -0.354 e. The molecule has 1 heterocycles. The minimum atomic E-state index is -3.50. The lowest BCUT2D eigenvalue weighted by atomic mass is 10.1. The van der Waals surface area contributed by atoms with Crippen LogP contribution in [0.4, 0.5) is 0 Å². The molecule has 3 rings (SSSR count). The fourth-order valence-electron chi connectivity index (χ4n) is 3.17. The largest absolute Gasteiger partial charge is 0.354 e. The summed E-state index contributed by atoms with van der Waals surface area (Å²) in [5.74, 6) is -0.698. The molecule has 2 aromatic rings. The third kappa shape index (κ3) is 5.65. The Balaban J connectivity index is 1.46. The molecule has 8 heteroatoms. The number of amides is 2. The van der Waals surface area contributed by atoms with Gasteiger partial charge < -0.3 is 10.6 Å². The number of nitrogens with one attached hydrogen (secondary N) is 2. The van der Waals surface area contributed by atoms with Crippen LogP contribution in [-0.2, 0) is 21.2 Å². The SMILES string of the molecule is O=C(CNC(=O)c1ccc(S(=O)(=O)N2CCCC2)cc1)NCCc1ccccc1. The zero-order valence-electron chi connectivity index (χ0n) is 16.1. The fourth-order valence-corrected chi connectivity index (χ4v) is 4.69. The predicted molar refractivity (Wildman–Crippen MR) is 110 cm³/mol. The summed E-state index contributed by atoms with van der Waals surface area (Å²) in [7, 11) is -3.50. The Labute approximate surface area is 171 Å². The molecule has 0 unspecified atom stereocenters. The van der Waals surface area contributed by atoms with Gasteiger partial charge in [0, 0.05) is 25.2 Å². The molecule has 1 fully saturated rings. The van der Waals surface area contributed by atoms with Crippen molar-refractivity contribution >= 4 is 21.8 Å². The first-order chi connectivity index (χ1) is 14.0. The standard InChI is InChI=1S/C21H25N3O4S/c25-20(22-13-12-17-6-2-1-3-7-17)16-23-21(26)18-8-10-19(11-9-18)29(27,28)24-14-4-5-15-24/h1-3,6-11H,4-5,12-16H2,(H,22,25)(H,23,26). The van der Waals surface area contributed by atoms with Crippen LogP contribution in [0.25, 0.3) is 0 Å². The molecular formula is C21H25N3O4S. The van der Waals surface area contributed by atoms with Crippen molar-refractivity contribution in [2.45, 2.75) is 24.2 Å². The number of nitrogens with zero attached hydrogens (tertiary/aromatic N) is 1. The van der Waals surface area contributed by atoms with E-state index in [1.165, 1.54) is 28.6 Å². The van der Waals surface area contributed by atoms with Crippen molar-refractivity contribution in [1.82, 2.24) is 14.9 Å². The van der Waals surface area contributed by atoms with Gasteiger partial charge >= 0.3 is 0 Å². The second-order valence-electron chi connectivity index (χ2n) is 6.90. The van der Waals surface area contributed by atoms with Crippen molar-refractivity contribution in [2.24, 2.45) is 0 Å². The summed E-state index contributed by atoms with van der Waals surface area (Å²) < 4.78 is 26.5. The first-order valence-electron chi connectivity index (χ1n) is 9.66. The third-order valence-corrected chi connectivity index (χ3v) is 6.72. The molecule has 1 aliphatic rings. The molecule has 0 bridgehead atoms. The first-order valence-corrected chi connectivity index (χ1v) is 11.1. The summed E-state index contributed by atoms with van der Waals surface area (Å²) in [6.07, 6.45) is 2.45. The van der Waals surface area contributed by atoms with Crippen molar-refractivity contribution in [3.63, 3.8) is 0 Å². The summed E-state index contributed by atoms with van der Waals surface area (Å²) in [4.78, 5) is 24.3. The summed E-state index contributed by atoms with van der Waals surface area (Å²) in [6, 6.07) is 15.6. The lowest BCUT2D eigenvalue weighted by Gasteiger charge is -2.15. The van der Waals surface area contributed by atoms with E-state index in [-0.39, 0.29) is 17.3 Å². The van der Waals surface area contributed by atoms with E-state index < -0.39 is 15.9 Å². The summed E-state index contributed by atoms with van der Waals surface area (Å²) in [6.45, 7) is 1.41. The highest BCUT2D eigenvalue weighted by Gasteiger charge is 2.27. The molecule has 1 aliphatic heterocycles. The van der Waals surface area contributed by atoms with Crippen LogP contribution in [0, 0.1) is 0 Å². The van der Waals surface area contributed by atoms with Crippen molar-refractivity contribution < 1.29 is 18.0 Å². The second kappa shape index (κ2) is 9.67. The zero-order valence-corrected chi connectivity index (χ0v) is 17.0. The van der Waals surface area contributed by atoms with Crippen LogP contribution in [0.5, 0.6) is 0 Å². The van der Waals surface area contributed by atoms with Crippen LogP contribution in [-0.4, -0.2) is 50.7 Å². The fraction of sp³-hybridized carbons (Fsp3) is 0.333. The monoisotopic (exact) mass is 415 g/mol. The molecular weight excluding hydrogens is 390 g/mol. The molecule has 0 saturated carbocycles. The van der Waals surface area contributed by atoms with E-state index in [2.05, 4.69) is 10.6 Å². The molecule has 0 aliphatic carbocycles. The Kier molecular flexibility index (Phi) is 7.00. The van der Waals surface area contributed by atoms with Gasteiger partial charge in [-0.05, 0) is 49.1 Å².